The van der Waals surface area contributed by atoms with Gasteiger partial charge < -0.3 is 9.84 Å². The highest BCUT2D eigenvalue weighted by Gasteiger charge is 2.18. The molecule has 4 rings (SSSR count). The third-order valence-electron chi connectivity index (χ3n) is 7.37. The van der Waals surface area contributed by atoms with Gasteiger partial charge in [0.2, 0.25) is 0 Å². The zero-order valence-corrected chi connectivity index (χ0v) is 23.1. The van der Waals surface area contributed by atoms with Crippen molar-refractivity contribution in [2.45, 2.75) is 54.4 Å². The molecule has 0 fully saturated rings. The molecule has 0 spiro atoms. The number of aldehydes is 1. The van der Waals surface area contributed by atoms with Crippen molar-refractivity contribution < 1.29 is 19.4 Å². The summed E-state index contributed by atoms with van der Waals surface area (Å²) in [6, 6.07) is 19.7. The normalized spacial score (nSPS) is 11.8. The van der Waals surface area contributed by atoms with E-state index in [-0.39, 0.29) is 11.9 Å². The fourth-order valence-corrected chi connectivity index (χ4v) is 5.03. The van der Waals surface area contributed by atoms with Crippen molar-refractivity contribution in [3.8, 4) is 22.6 Å². The Morgan fingerprint density at radius 2 is 1.21 bits per heavy atom. The molecule has 4 heteroatoms. The number of phenols is 1. The number of phenolic OH excluding ortho intramolecular Hbond substituents is 1. The molecule has 0 aliphatic heterocycles. The molecule has 0 saturated heterocycles. The maximum atomic E-state index is 13.2. The zero-order chi connectivity index (χ0) is 27.7. The average Bonchev–Trinajstić information content (AvgIpc) is 2.88. The van der Waals surface area contributed by atoms with Gasteiger partial charge in [0.1, 0.15) is 17.8 Å². The topological polar surface area (TPSA) is 63.6 Å². The summed E-state index contributed by atoms with van der Waals surface area (Å²) in [6.07, 6.45) is 0.876. The standard InChI is InChI=1S/C34H34O4/c1-19-12-26(8-9-28(19)18-35)25(7)27-10-11-31(20(2)13-27)34(37)38-33-23(5)16-30(17-24(33)6)29-14-21(3)32(36)22(4)15-29/h8-18,25,36H,1-7H3. The number of hydrogen-bond acceptors (Lipinski definition) is 4. The number of benzene rings is 4. The first kappa shape index (κ1) is 26.9. The van der Waals surface area contributed by atoms with Crippen LogP contribution >= 0.6 is 0 Å². The summed E-state index contributed by atoms with van der Waals surface area (Å²) in [6.45, 7) is 13.6. The molecule has 0 amide bonds. The van der Waals surface area contributed by atoms with E-state index in [2.05, 4.69) is 6.92 Å². The van der Waals surface area contributed by atoms with Crippen LogP contribution in [0.2, 0.25) is 0 Å². The Balaban J connectivity index is 1.57. The van der Waals surface area contributed by atoms with Crippen molar-refractivity contribution in [3.05, 3.63) is 116 Å². The summed E-state index contributed by atoms with van der Waals surface area (Å²) in [5, 5.41) is 10.1. The highest BCUT2D eigenvalue weighted by atomic mass is 16.5. The zero-order valence-electron chi connectivity index (χ0n) is 23.1. The van der Waals surface area contributed by atoms with Crippen molar-refractivity contribution in [1.82, 2.24) is 0 Å². The third kappa shape index (κ3) is 5.26. The average molecular weight is 507 g/mol. The Bertz CT molecular complexity index is 1520. The first-order valence-electron chi connectivity index (χ1n) is 12.8. The van der Waals surface area contributed by atoms with E-state index in [1.807, 2.05) is 102 Å². The molecule has 0 heterocycles. The van der Waals surface area contributed by atoms with E-state index in [4.69, 9.17) is 4.74 Å². The van der Waals surface area contributed by atoms with E-state index in [1.165, 1.54) is 0 Å². The minimum absolute atomic E-state index is 0.113. The number of hydrogen-bond donors (Lipinski definition) is 1. The van der Waals surface area contributed by atoms with Gasteiger partial charge in [-0.1, -0.05) is 37.3 Å². The largest absolute Gasteiger partial charge is 0.507 e. The van der Waals surface area contributed by atoms with E-state index >= 15 is 0 Å². The first-order valence-corrected chi connectivity index (χ1v) is 12.8. The molecular weight excluding hydrogens is 472 g/mol. The highest BCUT2D eigenvalue weighted by Crippen LogP contribution is 2.34. The number of rotatable bonds is 6. The molecule has 0 saturated carbocycles. The van der Waals surface area contributed by atoms with Crippen LogP contribution in [0.4, 0.5) is 0 Å². The Labute approximate surface area is 224 Å². The van der Waals surface area contributed by atoms with E-state index in [1.54, 1.807) is 0 Å². The van der Waals surface area contributed by atoms with Crippen LogP contribution in [0.3, 0.4) is 0 Å². The van der Waals surface area contributed by atoms with Gasteiger partial charge in [-0.3, -0.25) is 4.79 Å². The smallest absolute Gasteiger partial charge is 0.343 e. The predicted octanol–water partition coefficient (Wildman–Crippen LogP) is 8.09. The van der Waals surface area contributed by atoms with Crippen LogP contribution < -0.4 is 4.74 Å². The fraction of sp³-hybridized carbons (Fsp3) is 0.235. The second-order valence-corrected chi connectivity index (χ2v) is 10.3. The van der Waals surface area contributed by atoms with Crippen LogP contribution in [0.5, 0.6) is 11.5 Å². The van der Waals surface area contributed by atoms with Crippen LogP contribution in [0.1, 0.15) is 78.1 Å². The molecule has 4 nitrogen and oxygen atoms in total. The third-order valence-corrected chi connectivity index (χ3v) is 7.37. The van der Waals surface area contributed by atoms with Crippen molar-refractivity contribution in [1.29, 1.82) is 0 Å². The van der Waals surface area contributed by atoms with Crippen molar-refractivity contribution in [2.24, 2.45) is 0 Å². The van der Waals surface area contributed by atoms with Gasteiger partial charge in [0.05, 0.1) is 5.56 Å². The lowest BCUT2D eigenvalue weighted by molar-refractivity contribution is 0.0731. The Morgan fingerprint density at radius 3 is 1.71 bits per heavy atom. The Morgan fingerprint density at radius 1 is 0.711 bits per heavy atom. The SMILES string of the molecule is Cc1cc(C(C)c2ccc(C(=O)Oc3c(C)cc(-c4cc(C)c(O)c(C)c4)cc3C)c(C)c2)ccc1C=O. The number of esters is 1. The molecule has 4 aromatic rings. The molecule has 38 heavy (non-hydrogen) atoms. The molecule has 194 valence electrons. The van der Waals surface area contributed by atoms with Gasteiger partial charge in [0, 0.05) is 11.5 Å². The van der Waals surface area contributed by atoms with Crippen molar-refractivity contribution in [3.63, 3.8) is 0 Å². The van der Waals surface area contributed by atoms with Gasteiger partial charge in [0.15, 0.2) is 0 Å². The quantitative estimate of drug-likeness (QED) is 0.163. The van der Waals surface area contributed by atoms with E-state index in [9.17, 15) is 14.7 Å². The first-order chi connectivity index (χ1) is 18.0. The number of carbonyl (C=O) groups is 2. The Hall–Kier alpha value is -4.18. The van der Waals surface area contributed by atoms with Crippen LogP contribution in [-0.2, 0) is 0 Å². The summed E-state index contributed by atoms with van der Waals surface area (Å²) in [4.78, 5) is 24.4. The second-order valence-electron chi connectivity index (χ2n) is 10.3. The van der Waals surface area contributed by atoms with Crippen LogP contribution in [0.15, 0.2) is 60.7 Å². The van der Waals surface area contributed by atoms with Crippen molar-refractivity contribution >= 4 is 12.3 Å². The monoisotopic (exact) mass is 506 g/mol. The summed E-state index contributed by atoms with van der Waals surface area (Å²) >= 11 is 0. The number of aromatic hydroxyl groups is 1. The Kier molecular flexibility index (Phi) is 7.54. The molecule has 0 radical (unpaired) electrons. The molecule has 0 bridgehead atoms. The van der Waals surface area contributed by atoms with Gasteiger partial charge >= 0.3 is 5.97 Å². The summed E-state index contributed by atoms with van der Waals surface area (Å²) < 4.78 is 5.91. The number of ether oxygens (including phenoxy) is 1. The molecule has 1 N–H and O–H groups in total. The molecule has 1 atom stereocenters. The maximum absolute atomic E-state index is 13.2. The second kappa shape index (κ2) is 10.7. The number of aryl methyl sites for hydroxylation is 6. The van der Waals surface area contributed by atoms with Crippen LogP contribution in [-0.4, -0.2) is 17.4 Å². The van der Waals surface area contributed by atoms with E-state index in [0.717, 1.165) is 61.9 Å². The fourth-order valence-electron chi connectivity index (χ4n) is 5.03. The molecule has 1 unspecified atom stereocenters. The van der Waals surface area contributed by atoms with Crippen LogP contribution in [0, 0.1) is 41.5 Å². The molecule has 0 aliphatic carbocycles. The summed E-state index contributed by atoms with van der Waals surface area (Å²) in [7, 11) is 0. The minimum Gasteiger partial charge on any atom is -0.507 e. The maximum Gasteiger partial charge on any atom is 0.343 e. The summed E-state index contributed by atoms with van der Waals surface area (Å²) in [5.74, 6) is 0.605. The van der Waals surface area contributed by atoms with Crippen LogP contribution in [0.25, 0.3) is 11.1 Å². The van der Waals surface area contributed by atoms with Gasteiger partial charge in [0.25, 0.3) is 0 Å². The van der Waals surface area contributed by atoms with E-state index in [0.29, 0.717) is 22.6 Å². The molecule has 4 aromatic carbocycles. The highest BCUT2D eigenvalue weighted by molar-refractivity contribution is 5.93. The predicted molar refractivity (Wildman–Crippen MR) is 153 cm³/mol. The van der Waals surface area contributed by atoms with Gasteiger partial charge in [-0.25, -0.2) is 4.79 Å². The lowest BCUT2D eigenvalue weighted by Gasteiger charge is -2.17. The molecule has 0 aromatic heterocycles. The number of carbonyl (C=O) groups excluding carboxylic acids is 2. The lowest BCUT2D eigenvalue weighted by atomic mass is 9.89. The van der Waals surface area contributed by atoms with Crippen molar-refractivity contribution in [2.75, 3.05) is 0 Å². The van der Waals surface area contributed by atoms with E-state index < -0.39 is 0 Å². The van der Waals surface area contributed by atoms with Gasteiger partial charge in [-0.05, 0) is 128 Å². The van der Waals surface area contributed by atoms with Gasteiger partial charge in [-0.2, -0.15) is 0 Å². The summed E-state index contributed by atoms with van der Waals surface area (Å²) in [5.41, 5.74) is 10.7. The minimum atomic E-state index is -0.386. The molecule has 0 aliphatic rings. The molecular formula is C34H34O4. The van der Waals surface area contributed by atoms with Gasteiger partial charge in [-0.15, -0.1) is 0 Å². The lowest BCUT2D eigenvalue weighted by Crippen LogP contribution is -2.12.